The normalized spacial score (nSPS) is 18.7. The standard InChI is InChI=1S/C15H20N2O/c1-3-4-12-7-8-17(11-12)15-9-14(18-2)6-5-13(15)10-16/h5-6,9,12H,3-4,7-8,11H2,1-2H3. The zero-order chi connectivity index (χ0) is 13.0. The molecule has 1 saturated heterocycles. The Morgan fingerprint density at radius 2 is 2.33 bits per heavy atom. The van der Waals surface area contributed by atoms with Crippen LogP contribution >= 0.6 is 0 Å². The van der Waals surface area contributed by atoms with Crippen LogP contribution in [0.3, 0.4) is 0 Å². The van der Waals surface area contributed by atoms with E-state index in [1.54, 1.807) is 7.11 Å². The molecule has 0 radical (unpaired) electrons. The minimum atomic E-state index is 0.743. The summed E-state index contributed by atoms with van der Waals surface area (Å²) in [6.07, 6.45) is 3.75. The number of nitriles is 1. The van der Waals surface area contributed by atoms with Gasteiger partial charge in [-0.1, -0.05) is 13.3 Å². The lowest BCUT2D eigenvalue weighted by Crippen LogP contribution is -2.20. The van der Waals surface area contributed by atoms with E-state index in [2.05, 4.69) is 17.9 Å². The maximum Gasteiger partial charge on any atom is 0.121 e. The number of nitrogens with zero attached hydrogens (tertiary/aromatic N) is 2. The lowest BCUT2D eigenvalue weighted by molar-refractivity contribution is 0.415. The van der Waals surface area contributed by atoms with E-state index < -0.39 is 0 Å². The third kappa shape index (κ3) is 2.59. The van der Waals surface area contributed by atoms with Crippen LogP contribution in [0.25, 0.3) is 0 Å². The maximum absolute atomic E-state index is 9.19. The third-order valence-corrected chi connectivity index (χ3v) is 3.65. The monoisotopic (exact) mass is 244 g/mol. The van der Waals surface area contributed by atoms with Crippen LogP contribution in [0.4, 0.5) is 5.69 Å². The smallest absolute Gasteiger partial charge is 0.121 e. The molecule has 0 aliphatic carbocycles. The predicted octanol–water partition coefficient (Wildman–Crippen LogP) is 3.19. The van der Waals surface area contributed by atoms with Crippen molar-refractivity contribution in [1.29, 1.82) is 5.26 Å². The molecule has 0 spiro atoms. The zero-order valence-corrected chi connectivity index (χ0v) is 11.1. The molecule has 96 valence electrons. The Hall–Kier alpha value is -1.69. The summed E-state index contributed by atoms with van der Waals surface area (Å²) in [5.41, 5.74) is 1.77. The number of methoxy groups -OCH3 is 1. The summed E-state index contributed by atoms with van der Waals surface area (Å²) in [4.78, 5) is 2.32. The second-order valence-electron chi connectivity index (χ2n) is 4.88. The molecule has 1 aliphatic rings. The van der Waals surface area contributed by atoms with E-state index in [-0.39, 0.29) is 0 Å². The van der Waals surface area contributed by atoms with Crippen LogP contribution in [-0.4, -0.2) is 20.2 Å². The van der Waals surface area contributed by atoms with Crippen molar-refractivity contribution in [3.8, 4) is 11.8 Å². The Morgan fingerprint density at radius 3 is 3.00 bits per heavy atom. The average molecular weight is 244 g/mol. The van der Waals surface area contributed by atoms with E-state index in [4.69, 9.17) is 4.74 Å². The van der Waals surface area contributed by atoms with Crippen LogP contribution in [0, 0.1) is 17.2 Å². The van der Waals surface area contributed by atoms with Gasteiger partial charge in [-0.2, -0.15) is 5.26 Å². The van der Waals surface area contributed by atoms with Gasteiger partial charge in [0.2, 0.25) is 0 Å². The Bertz CT molecular complexity index is 450. The quantitative estimate of drug-likeness (QED) is 0.816. The van der Waals surface area contributed by atoms with E-state index in [0.29, 0.717) is 0 Å². The Balaban J connectivity index is 2.20. The lowest BCUT2D eigenvalue weighted by Gasteiger charge is -2.20. The molecule has 0 N–H and O–H groups in total. The highest BCUT2D eigenvalue weighted by atomic mass is 16.5. The van der Waals surface area contributed by atoms with Crippen molar-refractivity contribution in [2.75, 3.05) is 25.1 Å². The topological polar surface area (TPSA) is 36.3 Å². The van der Waals surface area contributed by atoms with Gasteiger partial charge in [0.25, 0.3) is 0 Å². The van der Waals surface area contributed by atoms with Gasteiger partial charge in [0, 0.05) is 19.2 Å². The van der Waals surface area contributed by atoms with Gasteiger partial charge in [0.15, 0.2) is 0 Å². The Labute approximate surface area is 109 Å². The number of hydrogen-bond donors (Lipinski definition) is 0. The van der Waals surface area contributed by atoms with Crippen molar-refractivity contribution >= 4 is 5.69 Å². The predicted molar refractivity (Wildman–Crippen MR) is 72.9 cm³/mol. The van der Waals surface area contributed by atoms with Crippen molar-refractivity contribution < 1.29 is 4.74 Å². The average Bonchev–Trinajstić information content (AvgIpc) is 2.87. The molecule has 3 nitrogen and oxygen atoms in total. The van der Waals surface area contributed by atoms with E-state index >= 15 is 0 Å². The number of ether oxygens (including phenoxy) is 1. The first-order valence-corrected chi connectivity index (χ1v) is 6.61. The molecule has 2 rings (SSSR count). The van der Waals surface area contributed by atoms with Crippen LogP contribution < -0.4 is 9.64 Å². The van der Waals surface area contributed by atoms with Crippen molar-refractivity contribution in [1.82, 2.24) is 0 Å². The van der Waals surface area contributed by atoms with Crippen molar-refractivity contribution in [2.24, 2.45) is 5.92 Å². The largest absolute Gasteiger partial charge is 0.497 e. The first kappa shape index (κ1) is 12.8. The van der Waals surface area contributed by atoms with Gasteiger partial charge in [-0.3, -0.25) is 0 Å². The van der Waals surface area contributed by atoms with E-state index in [1.807, 2.05) is 18.2 Å². The Kier molecular flexibility index (Phi) is 4.09. The van der Waals surface area contributed by atoms with Crippen molar-refractivity contribution in [3.05, 3.63) is 23.8 Å². The van der Waals surface area contributed by atoms with E-state index in [0.717, 1.165) is 36.0 Å². The molecule has 0 saturated carbocycles. The lowest BCUT2D eigenvalue weighted by atomic mass is 10.0. The van der Waals surface area contributed by atoms with Crippen LogP contribution in [0.1, 0.15) is 31.7 Å². The molecule has 1 aliphatic heterocycles. The molecule has 0 amide bonds. The molecule has 1 heterocycles. The summed E-state index contributed by atoms with van der Waals surface area (Å²) in [6, 6.07) is 7.95. The molecule has 1 aromatic carbocycles. The van der Waals surface area contributed by atoms with Gasteiger partial charge in [0.1, 0.15) is 11.8 Å². The molecular formula is C15H20N2O. The number of anilines is 1. The van der Waals surface area contributed by atoms with Crippen molar-refractivity contribution in [2.45, 2.75) is 26.2 Å². The van der Waals surface area contributed by atoms with Gasteiger partial charge in [0.05, 0.1) is 18.4 Å². The van der Waals surface area contributed by atoms with Crippen LogP contribution in [0.2, 0.25) is 0 Å². The highest BCUT2D eigenvalue weighted by Gasteiger charge is 2.23. The molecule has 1 fully saturated rings. The minimum absolute atomic E-state index is 0.743. The maximum atomic E-state index is 9.19. The minimum Gasteiger partial charge on any atom is -0.497 e. The molecule has 1 aromatic rings. The molecule has 3 heteroatoms. The fraction of sp³-hybridized carbons (Fsp3) is 0.533. The van der Waals surface area contributed by atoms with Gasteiger partial charge in [-0.05, 0) is 30.9 Å². The molecule has 1 atom stereocenters. The summed E-state index contributed by atoms with van der Waals surface area (Å²) in [6.45, 7) is 4.34. The number of rotatable bonds is 4. The second-order valence-corrected chi connectivity index (χ2v) is 4.88. The van der Waals surface area contributed by atoms with Crippen LogP contribution in [-0.2, 0) is 0 Å². The number of hydrogen-bond acceptors (Lipinski definition) is 3. The molecule has 18 heavy (non-hydrogen) atoms. The number of benzene rings is 1. The zero-order valence-electron chi connectivity index (χ0n) is 11.1. The second kappa shape index (κ2) is 5.77. The van der Waals surface area contributed by atoms with Gasteiger partial charge in [-0.15, -0.1) is 0 Å². The SMILES string of the molecule is CCCC1CCN(c2cc(OC)ccc2C#N)C1. The van der Waals surface area contributed by atoms with Gasteiger partial charge < -0.3 is 9.64 Å². The summed E-state index contributed by atoms with van der Waals surface area (Å²) in [7, 11) is 1.66. The third-order valence-electron chi connectivity index (χ3n) is 3.65. The van der Waals surface area contributed by atoms with Crippen LogP contribution in [0.15, 0.2) is 18.2 Å². The highest BCUT2D eigenvalue weighted by Crippen LogP contribution is 2.31. The molecule has 0 bridgehead atoms. The first-order chi connectivity index (χ1) is 8.78. The summed E-state index contributed by atoms with van der Waals surface area (Å²) >= 11 is 0. The van der Waals surface area contributed by atoms with Gasteiger partial charge in [-0.25, -0.2) is 0 Å². The molecule has 0 aromatic heterocycles. The fourth-order valence-electron chi connectivity index (χ4n) is 2.69. The summed E-state index contributed by atoms with van der Waals surface area (Å²) in [5, 5.41) is 9.19. The first-order valence-electron chi connectivity index (χ1n) is 6.61. The summed E-state index contributed by atoms with van der Waals surface area (Å²) in [5.74, 6) is 1.59. The van der Waals surface area contributed by atoms with Gasteiger partial charge >= 0.3 is 0 Å². The Morgan fingerprint density at radius 1 is 1.50 bits per heavy atom. The fourth-order valence-corrected chi connectivity index (χ4v) is 2.69. The molecular weight excluding hydrogens is 224 g/mol. The van der Waals surface area contributed by atoms with E-state index in [1.165, 1.54) is 19.3 Å². The van der Waals surface area contributed by atoms with Crippen LogP contribution in [0.5, 0.6) is 5.75 Å². The van der Waals surface area contributed by atoms with Crippen molar-refractivity contribution in [3.63, 3.8) is 0 Å². The molecule has 1 unspecified atom stereocenters. The summed E-state index contributed by atoms with van der Waals surface area (Å²) < 4.78 is 5.25. The van der Waals surface area contributed by atoms with E-state index in [9.17, 15) is 5.26 Å². The highest BCUT2D eigenvalue weighted by molar-refractivity contribution is 5.62.